The molecule has 0 bridgehead atoms. The van der Waals surface area contributed by atoms with E-state index in [-0.39, 0.29) is 25.2 Å². The highest BCUT2D eigenvalue weighted by atomic mass is 31.2. The van der Waals surface area contributed by atoms with Gasteiger partial charge in [-0.3, -0.25) is 9.36 Å². The Morgan fingerprint density at radius 1 is 1.11 bits per heavy atom. The van der Waals surface area contributed by atoms with Gasteiger partial charge in [-0.1, -0.05) is 25.8 Å². The fraction of sp³-hybridized carbons (Fsp3) is 0.769. The van der Waals surface area contributed by atoms with Crippen molar-refractivity contribution in [1.29, 1.82) is 0 Å². The normalized spacial score (nSPS) is 12.2. The van der Waals surface area contributed by atoms with E-state index >= 15 is 0 Å². The maximum atomic E-state index is 12.1. The van der Waals surface area contributed by atoms with Crippen molar-refractivity contribution in [3.63, 3.8) is 0 Å². The number of hydrogen-bond acceptors (Lipinski definition) is 4. The molecular formula is C13H25O4P. The van der Waals surface area contributed by atoms with Crippen LogP contribution in [0.2, 0.25) is 0 Å². The summed E-state index contributed by atoms with van der Waals surface area (Å²) in [5.74, 6) is -0.197. The standard InChI is InChI=1S/C13H25O4P/c1-4-7-8-9-10-11-13(14)12-18(15,16-5-2)17-6-3/h10-11H,4-9,12H2,1-3H3/b11-10+. The van der Waals surface area contributed by atoms with Crippen molar-refractivity contribution >= 4 is 13.4 Å². The summed E-state index contributed by atoms with van der Waals surface area (Å²) in [6.45, 7) is 6.16. The maximum absolute atomic E-state index is 12.1. The molecule has 0 N–H and O–H groups in total. The smallest absolute Gasteiger partial charge is 0.309 e. The Morgan fingerprint density at radius 2 is 1.72 bits per heavy atom. The van der Waals surface area contributed by atoms with E-state index in [0.29, 0.717) is 0 Å². The van der Waals surface area contributed by atoms with E-state index in [4.69, 9.17) is 9.05 Å². The van der Waals surface area contributed by atoms with Gasteiger partial charge in [-0.25, -0.2) is 0 Å². The molecule has 0 aromatic carbocycles. The van der Waals surface area contributed by atoms with Crippen molar-refractivity contribution in [2.75, 3.05) is 19.4 Å². The van der Waals surface area contributed by atoms with Gasteiger partial charge < -0.3 is 9.05 Å². The number of allylic oxidation sites excluding steroid dienone is 2. The molecule has 0 aliphatic heterocycles. The molecule has 0 aromatic heterocycles. The minimum Gasteiger partial charge on any atom is -0.309 e. The molecular weight excluding hydrogens is 251 g/mol. The van der Waals surface area contributed by atoms with Gasteiger partial charge in [0.2, 0.25) is 0 Å². The second-order valence-corrected chi connectivity index (χ2v) is 6.02. The summed E-state index contributed by atoms with van der Waals surface area (Å²) in [7, 11) is -3.24. The van der Waals surface area contributed by atoms with E-state index in [1.54, 1.807) is 13.8 Å². The molecule has 0 amide bonds. The molecule has 4 nitrogen and oxygen atoms in total. The molecule has 0 aromatic rings. The van der Waals surface area contributed by atoms with Crippen LogP contribution in [0.4, 0.5) is 0 Å². The highest BCUT2D eigenvalue weighted by Gasteiger charge is 2.26. The third-order valence-electron chi connectivity index (χ3n) is 2.28. The number of rotatable bonds is 11. The zero-order valence-electron chi connectivity index (χ0n) is 11.7. The molecule has 106 valence electrons. The lowest BCUT2D eigenvalue weighted by Gasteiger charge is -2.15. The van der Waals surface area contributed by atoms with E-state index in [0.717, 1.165) is 25.7 Å². The zero-order chi connectivity index (χ0) is 13.9. The Kier molecular flexibility index (Phi) is 10.2. The summed E-state index contributed by atoms with van der Waals surface area (Å²) in [5.41, 5.74) is 0. The van der Waals surface area contributed by atoms with Gasteiger partial charge in [0, 0.05) is 0 Å². The molecule has 0 unspecified atom stereocenters. The lowest BCUT2D eigenvalue weighted by atomic mass is 10.2. The zero-order valence-corrected chi connectivity index (χ0v) is 12.6. The first-order valence-corrected chi connectivity index (χ1v) is 8.38. The summed E-state index contributed by atoms with van der Waals surface area (Å²) < 4.78 is 22.2. The van der Waals surface area contributed by atoms with Crippen LogP contribution in [0.1, 0.15) is 46.5 Å². The molecule has 5 heteroatoms. The summed E-state index contributed by atoms with van der Waals surface area (Å²) in [4.78, 5) is 11.6. The minimum absolute atomic E-state index is 0.168. The van der Waals surface area contributed by atoms with Gasteiger partial charge in [-0.15, -0.1) is 0 Å². The molecule has 0 spiro atoms. The van der Waals surface area contributed by atoms with E-state index < -0.39 is 7.60 Å². The average molecular weight is 276 g/mol. The third-order valence-corrected chi connectivity index (χ3v) is 4.28. The Labute approximate surface area is 110 Å². The summed E-state index contributed by atoms with van der Waals surface area (Å²) in [6, 6.07) is 0. The van der Waals surface area contributed by atoms with Crippen LogP contribution in [0.15, 0.2) is 12.2 Å². The number of carbonyl (C=O) groups excluding carboxylic acids is 1. The maximum Gasteiger partial charge on any atom is 0.338 e. The van der Waals surface area contributed by atoms with E-state index in [1.807, 2.05) is 6.08 Å². The van der Waals surface area contributed by atoms with Crippen LogP contribution in [0, 0.1) is 0 Å². The second kappa shape index (κ2) is 10.5. The molecule has 18 heavy (non-hydrogen) atoms. The lowest BCUT2D eigenvalue weighted by Crippen LogP contribution is -2.07. The largest absolute Gasteiger partial charge is 0.338 e. The fourth-order valence-corrected chi connectivity index (χ4v) is 3.02. The minimum atomic E-state index is -3.24. The van der Waals surface area contributed by atoms with Crippen molar-refractivity contribution in [3.8, 4) is 0 Å². The predicted molar refractivity (Wildman–Crippen MR) is 74.0 cm³/mol. The first-order valence-electron chi connectivity index (χ1n) is 6.65. The third kappa shape index (κ3) is 8.62. The van der Waals surface area contributed by atoms with Gasteiger partial charge in [0.15, 0.2) is 5.78 Å². The van der Waals surface area contributed by atoms with Crippen molar-refractivity contribution in [2.24, 2.45) is 0 Å². The quantitative estimate of drug-likeness (QED) is 0.325. The first kappa shape index (κ1) is 17.6. The number of unbranched alkanes of at least 4 members (excludes halogenated alkanes) is 3. The van der Waals surface area contributed by atoms with Crippen LogP contribution < -0.4 is 0 Å². The number of ketones is 1. The van der Waals surface area contributed by atoms with Crippen LogP contribution >= 0.6 is 7.60 Å². The van der Waals surface area contributed by atoms with Gasteiger partial charge in [-0.2, -0.15) is 0 Å². The topological polar surface area (TPSA) is 52.6 Å². The van der Waals surface area contributed by atoms with E-state index in [2.05, 4.69) is 6.92 Å². The molecule has 0 atom stereocenters. The van der Waals surface area contributed by atoms with Gasteiger partial charge >= 0.3 is 7.60 Å². The van der Waals surface area contributed by atoms with Crippen LogP contribution in [-0.2, 0) is 18.4 Å². The van der Waals surface area contributed by atoms with Gasteiger partial charge in [0.25, 0.3) is 0 Å². The van der Waals surface area contributed by atoms with Gasteiger partial charge in [0.1, 0.15) is 6.16 Å². The monoisotopic (exact) mass is 276 g/mol. The van der Waals surface area contributed by atoms with Crippen LogP contribution in [0.25, 0.3) is 0 Å². The molecule has 0 aliphatic carbocycles. The Hall–Kier alpha value is -0.440. The summed E-state index contributed by atoms with van der Waals surface area (Å²) in [5, 5.41) is 0. The Balaban J connectivity index is 4.13. The van der Waals surface area contributed by atoms with Gasteiger partial charge in [0.05, 0.1) is 13.2 Å². The molecule has 0 saturated heterocycles. The molecule has 0 aliphatic rings. The molecule has 0 heterocycles. The Morgan fingerprint density at radius 3 is 2.22 bits per heavy atom. The first-order chi connectivity index (χ1) is 8.58. The van der Waals surface area contributed by atoms with Crippen molar-refractivity contribution in [2.45, 2.75) is 46.5 Å². The Bertz CT molecular complexity index is 289. The average Bonchev–Trinajstić information content (AvgIpc) is 2.29. The molecule has 0 rings (SSSR count). The van der Waals surface area contributed by atoms with Crippen molar-refractivity contribution in [1.82, 2.24) is 0 Å². The molecule has 0 fully saturated rings. The number of carbonyl (C=O) groups is 1. The lowest BCUT2D eigenvalue weighted by molar-refractivity contribution is -0.112. The van der Waals surface area contributed by atoms with Crippen molar-refractivity contribution in [3.05, 3.63) is 12.2 Å². The van der Waals surface area contributed by atoms with Crippen LogP contribution in [-0.4, -0.2) is 25.2 Å². The highest BCUT2D eigenvalue weighted by Crippen LogP contribution is 2.47. The van der Waals surface area contributed by atoms with Crippen LogP contribution in [0.5, 0.6) is 0 Å². The molecule has 0 radical (unpaired) electrons. The van der Waals surface area contributed by atoms with Crippen LogP contribution in [0.3, 0.4) is 0 Å². The molecule has 0 saturated carbocycles. The fourth-order valence-electron chi connectivity index (χ4n) is 1.49. The summed E-state index contributed by atoms with van der Waals surface area (Å²) >= 11 is 0. The predicted octanol–water partition coefficient (Wildman–Crippen LogP) is 3.96. The number of hydrogen-bond donors (Lipinski definition) is 0. The van der Waals surface area contributed by atoms with Crippen molar-refractivity contribution < 1.29 is 18.4 Å². The van der Waals surface area contributed by atoms with E-state index in [9.17, 15) is 9.36 Å². The van der Waals surface area contributed by atoms with E-state index in [1.165, 1.54) is 6.08 Å². The summed E-state index contributed by atoms with van der Waals surface area (Å²) in [6.07, 6.45) is 7.43. The van der Waals surface area contributed by atoms with Gasteiger partial charge in [-0.05, 0) is 32.8 Å². The SMILES string of the molecule is CCCCC/C=C/C(=O)CP(=O)(OCC)OCC. The highest BCUT2D eigenvalue weighted by molar-refractivity contribution is 7.54. The second-order valence-electron chi connectivity index (χ2n) is 3.97.